The van der Waals surface area contributed by atoms with Gasteiger partial charge in [0, 0.05) is 32.0 Å². The number of hydrogen-bond acceptors (Lipinski definition) is 6. The zero-order valence-corrected chi connectivity index (χ0v) is 17.4. The predicted molar refractivity (Wildman–Crippen MR) is 113 cm³/mol. The third-order valence-electron chi connectivity index (χ3n) is 6.03. The molecule has 9 heteroatoms. The van der Waals surface area contributed by atoms with Crippen LogP contribution in [-0.2, 0) is 22.6 Å². The smallest absolute Gasteiger partial charge is 0.419 e. The minimum atomic E-state index is -0.690. The molecule has 1 unspecified atom stereocenters. The zero-order chi connectivity index (χ0) is 22.4. The Morgan fingerprint density at radius 2 is 2.00 bits per heavy atom. The van der Waals surface area contributed by atoms with Crippen LogP contribution in [0, 0.1) is 0 Å². The van der Waals surface area contributed by atoms with E-state index in [-0.39, 0.29) is 30.5 Å². The molecule has 5 rings (SSSR count). The van der Waals surface area contributed by atoms with Gasteiger partial charge in [-0.3, -0.25) is 24.6 Å². The van der Waals surface area contributed by atoms with Gasteiger partial charge in [-0.05, 0) is 35.7 Å². The van der Waals surface area contributed by atoms with Crippen molar-refractivity contribution in [1.82, 2.24) is 10.2 Å². The van der Waals surface area contributed by atoms with Crippen molar-refractivity contribution in [3.8, 4) is 11.5 Å². The molecule has 3 aliphatic heterocycles. The van der Waals surface area contributed by atoms with E-state index in [1.54, 1.807) is 25.2 Å². The summed E-state index contributed by atoms with van der Waals surface area (Å²) in [6.45, 7) is 0.841. The molecule has 1 fully saturated rings. The Labute approximate surface area is 183 Å². The van der Waals surface area contributed by atoms with Crippen LogP contribution in [0.15, 0.2) is 36.4 Å². The van der Waals surface area contributed by atoms with Gasteiger partial charge in [0.25, 0.3) is 5.91 Å². The predicted octanol–water partition coefficient (Wildman–Crippen LogP) is 2.02. The lowest BCUT2D eigenvalue weighted by atomic mass is 10.0. The highest BCUT2D eigenvalue weighted by Gasteiger charge is 2.39. The lowest BCUT2D eigenvalue weighted by Crippen LogP contribution is -2.52. The maximum Gasteiger partial charge on any atom is 0.419 e. The number of nitrogens with one attached hydrogen (secondary N) is 1. The van der Waals surface area contributed by atoms with E-state index in [2.05, 4.69) is 5.32 Å². The third kappa shape index (κ3) is 3.35. The summed E-state index contributed by atoms with van der Waals surface area (Å²) in [6, 6.07) is 9.78. The first kappa shape index (κ1) is 20.0. The van der Waals surface area contributed by atoms with Crippen molar-refractivity contribution in [3.63, 3.8) is 0 Å². The van der Waals surface area contributed by atoms with Crippen LogP contribution in [-0.4, -0.2) is 48.4 Å². The van der Waals surface area contributed by atoms with Gasteiger partial charge in [-0.25, -0.2) is 4.79 Å². The number of carbonyl (C=O) groups excluding carboxylic acids is 4. The number of anilines is 1. The molecule has 3 heterocycles. The first-order valence-electron chi connectivity index (χ1n) is 10.4. The summed E-state index contributed by atoms with van der Waals surface area (Å²) >= 11 is 0. The minimum Gasteiger partial charge on any atom is -0.491 e. The first-order valence-corrected chi connectivity index (χ1v) is 10.4. The summed E-state index contributed by atoms with van der Waals surface area (Å²) in [4.78, 5) is 52.1. The lowest BCUT2D eigenvalue weighted by Gasteiger charge is -2.29. The van der Waals surface area contributed by atoms with E-state index in [9.17, 15) is 19.2 Å². The minimum absolute atomic E-state index is 0.193. The molecule has 0 aliphatic carbocycles. The van der Waals surface area contributed by atoms with Gasteiger partial charge in [-0.1, -0.05) is 18.2 Å². The van der Waals surface area contributed by atoms with Crippen LogP contribution in [0.3, 0.4) is 0 Å². The van der Waals surface area contributed by atoms with Gasteiger partial charge >= 0.3 is 6.09 Å². The molecule has 0 saturated carbocycles. The molecule has 2 aromatic carbocycles. The largest absolute Gasteiger partial charge is 0.491 e. The number of rotatable bonds is 3. The Morgan fingerprint density at radius 1 is 1.16 bits per heavy atom. The van der Waals surface area contributed by atoms with Crippen LogP contribution in [0.25, 0.3) is 0 Å². The Morgan fingerprint density at radius 3 is 2.81 bits per heavy atom. The van der Waals surface area contributed by atoms with Crippen molar-refractivity contribution in [2.24, 2.45) is 0 Å². The lowest BCUT2D eigenvalue weighted by molar-refractivity contribution is -0.136. The maximum absolute atomic E-state index is 12.9. The summed E-state index contributed by atoms with van der Waals surface area (Å²) in [7, 11) is 1.60. The molecule has 0 aromatic heterocycles. The molecule has 0 radical (unpaired) electrons. The number of piperidine rings is 1. The van der Waals surface area contributed by atoms with Crippen LogP contribution in [0.4, 0.5) is 10.5 Å². The topological polar surface area (TPSA) is 105 Å². The van der Waals surface area contributed by atoms with E-state index in [4.69, 9.17) is 9.47 Å². The van der Waals surface area contributed by atoms with Crippen LogP contribution in [0.1, 0.15) is 34.3 Å². The van der Waals surface area contributed by atoms with Crippen molar-refractivity contribution in [2.45, 2.75) is 31.8 Å². The SMILES string of the molecule is CN(C(=O)Oc1ccc2c(c1)C(=O)N(C1CCC(=O)NC1=O)C2)c1cccc2c1OCC2. The number of amides is 4. The highest BCUT2D eigenvalue weighted by atomic mass is 16.6. The number of benzene rings is 2. The van der Waals surface area contributed by atoms with Gasteiger partial charge < -0.3 is 14.4 Å². The molecule has 32 heavy (non-hydrogen) atoms. The van der Waals surface area contributed by atoms with E-state index < -0.39 is 18.0 Å². The van der Waals surface area contributed by atoms with Crippen LogP contribution < -0.4 is 19.7 Å². The Kier molecular flexibility index (Phi) is 4.80. The Balaban J connectivity index is 1.32. The van der Waals surface area contributed by atoms with Gasteiger partial charge in [0.1, 0.15) is 17.5 Å². The molecular formula is C23H21N3O6. The fourth-order valence-electron chi connectivity index (χ4n) is 4.33. The molecule has 0 spiro atoms. The van der Waals surface area contributed by atoms with E-state index in [1.807, 2.05) is 12.1 Å². The fraction of sp³-hybridized carbons (Fsp3) is 0.304. The van der Waals surface area contributed by atoms with E-state index in [1.165, 1.54) is 15.9 Å². The van der Waals surface area contributed by atoms with E-state index >= 15 is 0 Å². The normalized spacial score (nSPS) is 19.2. The fourth-order valence-corrected chi connectivity index (χ4v) is 4.33. The average molecular weight is 435 g/mol. The first-order chi connectivity index (χ1) is 15.4. The van der Waals surface area contributed by atoms with Gasteiger partial charge in [-0.15, -0.1) is 0 Å². The summed E-state index contributed by atoms with van der Waals surface area (Å²) in [5.41, 5.74) is 2.78. The summed E-state index contributed by atoms with van der Waals surface area (Å²) in [6.07, 6.45) is 0.670. The van der Waals surface area contributed by atoms with Crippen molar-refractivity contribution in [2.75, 3.05) is 18.6 Å². The summed E-state index contributed by atoms with van der Waals surface area (Å²) in [5.74, 6) is -0.213. The zero-order valence-electron chi connectivity index (χ0n) is 17.4. The second-order valence-corrected chi connectivity index (χ2v) is 8.01. The highest BCUT2D eigenvalue weighted by Crippen LogP contribution is 2.36. The molecule has 1 atom stereocenters. The molecule has 4 amide bonds. The van der Waals surface area contributed by atoms with Gasteiger partial charge in [0.15, 0.2) is 0 Å². The summed E-state index contributed by atoms with van der Waals surface area (Å²) in [5, 5.41) is 2.28. The monoisotopic (exact) mass is 435 g/mol. The molecule has 1 N–H and O–H groups in total. The Hall–Kier alpha value is -3.88. The molecule has 3 aliphatic rings. The van der Waals surface area contributed by atoms with E-state index in [0.717, 1.165) is 17.5 Å². The standard InChI is InChI=1S/C23H21N3O6/c1-25(17-4-2-3-13-9-10-31-20(13)17)23(30)32-15-6-5-14-12-26(22(29)16(14)11-15)18-7-8-19(27)24-21(18)28/h2-6,11,18H,7-10,12H2,1H3,(H,24,27,28). The molecule has 9 nitrogen and oxygen atoms in total. The van der Waals surface area contributed by atoms with Crippen molar-refractivity contribution in [1.29, 1.82) is 0 Å². The molecule has 2 aromatic rings. The van der Waals surface area contributed by atoms with Crippen LogP contribution in [0.5, 0.6) is 11.5 Å². The second kappa shape index (κ2) is 7.67. The van der Waals surface area contributed by atoms with Crippen molar-refractivity contribution < 1.29 is 28.7 Å². The number of carbonyl (C=O) groups is 4. The quantitative estimate of drug-likeness (QED) is 0.740. The number of para-hydroxylation sites is 1. The van der Waals surface area contributed by atoms with E-state index in [0.29, 0.717) is 30.0 Å². The van der Waals surface area contributed by atoms with Gasteiger partial charge in [0.2, 0.25) is 11.8 Å². The molecular weight excluding hydrogens is 414 g/mol. The highest BCUT2D eigenvalue weighted by molar-refractivity contribution is 6.05. The second-order valence-electron chi connectivity index (χ2n) is 8.01. The molecule has 0 bridgehead atoms. The van der Waals surface area contributed by atoms with Gasteiger partial charge in [0.05, 0.1) is 12.3 Å². The number of ether oxygens (including phenoxy) is 2. The molecule has 1 saturated heterocycles. The Bertz CT molecular complexity index is 1160. The summed E-state index contributed by atoms with van der Waals surface area (Å²) < 4.78 is 11.2. The van der Waals surface area contributed by atoms with Crippen LogP contribution >= 0.6 is 0 Å². The number of nitrogens with zero attached hydrogens (tertiary/aromatic N) is 2. The third-order valence-corrected chi connectivity index (χ3v) is 6.03. The van der Waals surface area contributed by atoms with Gasteiger partial charge in [-0.2, -0.15) is 0 Å². The number of fused-ring (bicyclic) bond motifs is 2. The maximum atomic E-state index is 12.9. The average Bonchev–Trinajstić information content (AvgIpc) is 3.38. The van der Waals surface area contributed by atoms with Crippen molar-refractivity contribution in [3.05, 3.63) is 53.1 Å². The number of hydrogen-bond donors (Lipinski definition) is 1. The number of imide groups is 1. The van der Waals surface area contributed by atoms with Crippen molar-refractivity contribution >= 4 is 29.5 Å². The molecule has 164 valence electrons. The van der Waals surface area contributed by atoms with Crippen LogP contribution in [0.2, 0.25) is 0 Å².